The van der Waals surface area contributed by atoms with E-state index in [-0.39, 0.29) is 17.7 Å². The number of anilines is 2. The summed E-state index contributed by atoms with van der Waals surface area (Å²) in [5.41, 5.74) is 4.07. The number of halogens is 1. The quantitative estimate of drug-likeness (QED) is 0.543. The molecule has 3 aromatic rings. The van der Waals surface area contributed by atoms with Crippen molar-refractivity contribution in [1.82, 2.24) is 4.90 Å². The number of carbonyl (C=O) groups is 3. The second kappa shape index (κ2) is 8.10. The summed E-state index contributed by atoms with van der Waals surface area (Å²) in [7, 11) is 0. The zero-order valence-corrected chi connectivity index (χ0v) is 19.6. The van der Waals surface area contributed by atoms with Gasteiger partial charge in [0, 0.05) is 16.9 Å². The first kappa shape index (κ1) is 21.6. The molecule has 0 spiro atoms. The zero-order chi connectivity index (χ0) is 24.3. The molecule has 3 aliphatic rings. The molecule has 2 fully saturated rings. The van der Waals surface area contributed by atoms with Crippen LogP contribution in [0.1, 0.15) is 22.7 Å². The summed E-state index contributed by atoms with van der Waals surface area (Å²) < 4.78 is 0. The van der Waals surface area contributed by atoms with Crippen LogP contribution in [0.15, 0.2) is 79.0 Å². The Balaban J connectivity index is 1.43. The molecule has 4 atom stereocenters. The molecule has 2 saturated heterocycles. The molecule has 0 aliphatic carbocycles. The van der Waals surface area contributed by atoms with E-state index in [1.54, 1.807) is 36.4 Å². The zero-order valence-electron chi connectivity index (χ0n) is 18.9. The Hall–Kier alpha value is -3.90. The van der Waals surface area contributed by atoms with Gasteiger partial charge in [-0.05, 0) is 60.5 Å². The average Bonchev–Trinajstić information content (AvgIpc) is 3.34. The average molecular weight is 484 g/mol. The maximum atomic E-state index is 13.8. The Kier molecular flexibility index (Phi) is 5.00. The highest BCUT2D eigenvalue weighted by Gasteiger charge is 2.64. The predicted octanol–water partition coefficient (Wildman–Crippen LogP) is 4.80. The molecule has 6 rings (SSSR count). The van der Waals surface area contributed by atoms with Gasteiger partial charge in [-0.3, -0.25) is 14.4 Å². The lowest BCUT2D eigenvalue weighted by molar-refractivity contribution is -0.128. The molecule has 0 aromatic heterocycles. The molecule has 0 saturated carbocycles. The van der Waals surface area contributed by atoms with E-state index in [4.69, 9.17) is 11.6 Å². The van der Waals surface area contributed by atoms with Crippen molar-refractivity contribution >= 4 is 46.8 Å². The highest BCUT2D eigenvalue weighted by atomic mass is 35.5. The summed E-state index contributed by atoms with van der Waals surface area (Å²) in [6, 6.07) is 20.7. The fourth-order valence-corrected chi connectivity index (χ4v) is 5.68. The summed E-state index contributed by atoms with van der Waals surface area (Å²) in [4.78, 5) is 44.4. The number of hydrogen-bond donors (Lipinski definition) is 1. The van der Waals surface area contributed by atoms with Gasteiger partial charge in [0.05, 0.1) is 23.6 Å². The predicted molar refractivity (Wildman–Crippen MR) is 135 cm³/mol. The highest BCUT2D eigenvalue weighted by Crippen LogP contribution is 2.53. The van der Waals surface area contributed by atoms with Gasteiger partial charge in [-0.25, -0.2) is 4.90 Å². The maximum absolute atomic E-state index is 13.8. The molecule has 0 unspecified atom stereocenters. The van der Waals surface area contributed by atoms with E-state index >= 15 is 0 Å². The highest BCUT2D eigenvalue weighted by molar-refractivity contribution is 6.30. The number of imide groups is 1. The van der Waals surface area contributed by atoms with E-state index in [2.05, 4.69) is 5.32 Å². The van der Waals surface area contributed by atoms with Crippen molar-refractivity contribution < 1.29 is 14.4 Å². The van der Waals surface area contributed by atoms with Crippen LogP contribution in [-0.4, -0.2) is 28.7 Å². The van der Waals surface area contributed by atoms with E-state index in [1.165, 1.54) is 4.90 Å². The first-order valence-electron chi connectivity index (χ1n) is 11.5. The van der Waals surface area contributed by atoms with Crippen LogP contribution in [0.5, 0.6) is 0 Å². The van der Waals surface area contributed by atoms with Crippen molar-refractivity contribution in [3.05, 3.63) is 101 Å². The van der Waals surface area contributed by atoms with Crippen molar-refractivity contribution in [1.29, 1.82) is 0 Å². The monoisotopic (exact) mass is 483 g/mol. The van der Waals surface area contributed by atoms with Gasteiger partial charge in [-0.2, -0.15) is 0 Å². The topological polar surface area (TPSA) is 69.7 Å². The first-order valence-corrected chi connectivity index (χ1v) is 11.9. The van der Waals surface area contributed by atoms with Crippen molar-refractivity contribution in [3.63, 3.8) is 0 Å². The molecule has 3 heterocycles. The van der Waals surface area contributed by atoms with Gasteiger partial charge in [0.25, 0.3) is 0 Å². The van der Waals surface area contributed by atoms with Gasteiger partial charge in [0.1, 0.15) is 6.04 Å². The normalized spacial score (nSPS) is 24.3. The van der Waals surface area contributed by atoms with Crippen LogP contribution >= 0.6 is 11.6 Å². The van der Waals surface area contributed by atoms with Crippen molar-refractivity contribution in [2.24, 2.45) is 11.8 Å². The van der Waals surface area contributed by atoms with Gasteiger partial charge >= 0.3 is 0 Å². The fraction of sp³-hybridized carbons (Fsp3) is 0.179. The van der Waals surface area contributed by atoms with Crippen LogP contribution in [0.25, 0.3) is 6.08 Å². The second-order valence-corrected chi connectivity index (χ2v) is 9.61. The van der Waals surface area contributed by atoms with Crippen LogP contribution in [0, 0.1) is 18.8 Å². The number of aryl methyl sites for hydroxylation is 1. The third-order valence-electron chi connectivity index (χ3n) is 7.13. The SMILES string of the molecule is Cc1ccc(N2C(=O)[C@@H]3[C@@H](C2=O)[C@@H]2c4ccccc4C=CN2[C@@H]3C(=O)Nc2ccc(Cl)cc2)cc1. The molecule has 35 heavy (non-hydrogen) atoms. The Morgan fingerprint density at radius 2 is 1.57 bits per heavy atom. The van der Waals surface area contributed by atoms with Gasteiger partial charge in [-0.15, -0.1) is 0 Å². The molecule has 0 radical (unpaired) electrons. The molecular formula is C28H22ClN3O3. The molecule has 6 nitrogen and oxygen atoms in total. The lowest BCUT2D eigenvalue weighted by Crippen LogP contribution is -2.46. The number of carbonyl (C=O) groups excluding carboxylic acids is 3. The van der Waals surface area contributed by atoms with E-state index in [0.717, 1.165) is 16.7 Å². The Morgan fingerprint density at radius 1 is 0.886 bits per heavy atom. The summed E-state index contributed by atoms with van der Waals surface area (Å²) in [6.07, 6.45) is 3.77. The maximum Gasteiger partial charge on any atom is 0.247 e. The second-order valence-electron chi connectivity index (χ2n) is 9.18. The molecule has 3 aliphatic heterocycles. The van der Waals surface area contributed by atoms with Gasteiger partial charge in [0.2, 0.25) is 17.7 Å². The Bertz CT molecular complexity index is 1380. The number of nitrogens with zero attached hydrogens (tertiary/aromatic N) is 2. The van der Waals surface area contributed by atoms with Crippen LogP contribution in [-0.2, 0) is 14.4 Å². The third-order valence-corrected chi connectivity index (χ3v) is 7.39. The molecule has 3 amide bonds. The Labute approximate surface area is 207 Å². The number of hydrogen-bond acceptors (Lipinski definition) is 4. The minimum absolute atomic E-state index is 0.272. The van der Waals surface area contributed by atoms with Crippen LogP contribution in [0.4, 0.5) is 11.4 Å². The van der Waals surface area contributed by atoms with Crippen LogP contribution in [0.3, 0.4) is 0 Å². The smallest absolute Gasteiger partial charge is 0.247 e. The van der Waals surface area contributed by atoms with E-state index in [9.17, 15) is 14.4 Å². The summed E-state index contributed by atoms with van der Waals surface area (Å²) in [5.74, 6) is -2.43. The minimum atomic E-state index is -0.836. The molecular weight excluding hydrogens is 462 g/mol. The number of benzene rings is 3. The van der Waals surface area contributed by atoms with Gasteiger partial charge in [-0.1, -0.05) is 53.6 Å². The first-order chi connectivity index (χ1) is 16.9. The summed E-state index contributed by atoms with van der Waals surface area (Å²) in [5, 5.41) is 3.48. The molecule has 7 heteroatoms. The lowest BCUT2D eigenvalue weighted by Gasteiger charge is -2.35. The van der Waals surface area contributed by atoms with E-state index < -0.39 is 23.9 Å². The van der Waals surface area contributed by atoms with E-state index in [1.807, 2.05) is 60.5 Å². The van der Waals surface area contributed by atoms with E-state index in [0.29, 0.717) is 16.4 Å². The Morgan fingerprint density at radius 3 is 2.31 bits per heavy atom. The number of nitrogens with one attached hydrogen (secondary N) is 1. The standard InChI is InChI=1S/C28H22ClN3O3/c1-16-6-12-20(13-7-16)32-27(34)22-23(28(32)35)25(26(33)30-19-10-8-18(29)9-11-19)31-15-14-17-4-2-3-5-21(17)24(22)31/h2-15,22-25H,1H3,(H,30,33)/t22-,23-,24+,25+/m1/s1. The lowest BCUT2D eigenvalue weighted by atomic mass is 9.84. The molecule has 0 bridgehead atoms. The molecule has 174 valence electrons. The van der Waals surface area contributed by atoms with Crippen molar-refractivity contribution in [2.45, 2.75) is 19.0 Å². The fourth-order valence-electron chi connectivity index (χ4n) is 5.55. The number of fused-ring (bicyclic) bond motifs is 5. The number of rotatable bonds is 3. The van der Waals surface area contributed by atoms with Crippen LogP contribution < -0.4 is 10.2 Å². The minimum Gasteiger partial charge on any atom is -0.357 e. The molecule has 3 aromatic carbocycles. The number of amides is 3. The summed E-state index contributed by atoms with van der Waals surface area (Å²) >= 11 is 5.99. The summed E-state index contributed by atoms with van der Waals surface area (Å²) in [6.45, 7) is 1.95. The third kappa shape index (κ3) is 3.36. The van der Waals surface area contributed by atoms with Crippen molar-refractivity contribution in [3.8, 4) is 0 Å². The van der Waals surface area contributed by atoms with Gasteiger partial charge in [0.15, 0.2) is 0 Å². The van der Waals surface area contributed by atoms with Gasteiger partial charge < -0.3 is 10.2 Å². The van der Waals surface area contributed by atoms with Crippen LogP contribution in [0.2, 0.25) is 5.02 Å². The molecule has 1 N–H and O–H groups in total. The van der Waals surface area contributed by atoms with Crippen molar-refractivity contribution in [2.75, 3.05) is 10.2 Å². The largest absolute Gasteiger partial charge is 0.357 e.